The van der Waals surface area contributed by atoms with Gasteiger partial charge in [0.05, 0.1) is 8.07 Å². The zero-order chi connectivity index (χ0) is 43.2. The third kappa shape index (κ3) is 7.21. The van der Waals surface area contributed by atoms with E-state index in [1.165, 1.54) is 70.4 Å². The van der Waals surface area contributed by atoms with Crippen LogP contribution in [0.1, 0.15) is 25.0 Å². The molecule has 0 saturated heterocycles. The van der Waals surface area contributed by atoms with Gasteiger partial charge in [-0.05, 0) is 102 Å². The third-order valence-corrected chi connectivity index (χ3v) is 20.3. The number of hydrogen-bond donors (Lipinski definition) is 0. The molecule has 9 aromatic carbocycles. The van der Waals surface area contributed by atoms with Gasteiger partial charge >= 0.3 is 0 Å². The van der Waals surface area contributed by atoms with Crippen LogP contribution in [0.3, 0.4) is 0 Å². The Morgan fingerprint density at radius 1 is 0.317 bits per heavy atom. The van der Waals surface area contributed by atoms with Gasteiger partial charge < -0.3 is 4.90 Å². The molecule has 0 heterocycles. The van der Waals surface area contributed by atoms with Gasteiger partial charge in [0, 0.05) is 22.5 Å². The number of benzene rings is 9. The molecule has 306 valence electrons. The van der Waals surface area contributed by atoms with Crippen LogP contribution in [0.25, 0.3) is 33.4 Å². The second-order valence-corrected chi connectivity index (χ2v) is 27.5. The van der Waals surface area contributed by atoms with Crippen LogP contribution in [0, 0.1) is 0 Å². The first-order valence-corrected chi connectivity index (χ1v) is 27.8. The zero-order valence-corrected chi connectivity index (χ0v) is 38.9. The first kappa shape index (κ1) is 40.3. The number of anilines is 3. The lowest BCUT2D eigenvalue weighted by Gasteiger charge is -2.34. The van der Waals surface area contributed by atoms with Gasteiger partial charge in [0.15, 0.2) is 8.07 Å². The minimum atomic E-state index is -2.60. The van der Waals surface area contributed by atoms with E-state index in [4.69, 9.17) is 0 Å². The van der Waals surface area contributed by atoms with Crippen molar-refractivity contribution in [3.8, 4) is 33.4 Å². The highest BCUT2D eigenvalue weighted by Gasteiger charge is 2.41. The maximum absolute atomic E-state index is 2.60. The fraction of sp³-hybridized carbons (Fsp3) is 0.100. The van der Waals surface area contributed by atoms with Crippen LogP contribution in [-0.4, -0.2) is 16.1 Å². The molecule has 9 aromatic rings. The van der Waals surface area contributed by atoms with Crippen LogP contribution >= 0.6 is 0 Å². The second-order valence-electron chi connectivity index (χ2n) is 18.6. The normalized spacial score (nSPS) is 13.0. The Bertz CT molecular complexity index is 2910. The molecule has 3 heteroatoms. The molecular formula is C60H53NSi2. The fourth-order valence-corrected chi connectivity index (χ4v) is 15.9. The maximum Gasteiger partial charge on any atom is 0.179 e. The topological polar surface area (TPSA) is 3.24 Å². The summed E-state index contributed by atoms with van der Waals surface area (Å²) in [6, 6.07) is 86.3. The molecule has 10 rings (SSSR count). The predicted molar refractivity (Wildman–Crippen MR) is 276 cm³/mol. The molecule has 1 aliphatic carbocycles. The highest BCUT2D eigenvalue weighted by Crippen LogP contribution is 2.50. The molecule has 0 aliphatic heterocycles. The summed E-state index contributed by atoms with van der Waals surface area (Å²) in [5.74, 6) is 0. The molecule has 0 radical (unpaired) electrons. The van der Waals surface area contributed by atoms with Gasteiger partial charge in [-0.3, -0.25) is 0 Å². The molecule has 0 N–H and O–H groups in total. The van der Waals surface area contributed by atoms with Crippen molar-refractivity contribution >= 4 is 59.1 Å². The Hall–Kier alpha value is -6.79. The average Bonchev–Trinajstić information content (AvgIpc) is 3.56. The van der Waals surface area contributed by atoms with Crippen molar-refractivity contribution in [1.29, 1.82) is 0 Å². The molecule has 0 saturated carbocycles. The Morgan fingerprint density at radius 3 is 1.11 bits per heavy atom. The summed E-state index contributed by atoms with van der Waals surface area (Å²) in [5, 5.41) is 7.00. The Kier molecular flexibility index (Phi) is 10.3. The summed E-state index contributed by atoms with van der Waals surface area (Å²) in [4.78, 5) is 2.42. The van der Waals surface area contributed by atoms with E-state index in [1.807, 2.05) is 0 Å². The summed E-state index contributed by atoms with van der Waals surface area (Å²) >= 11 is 0. The number of nitrogens with zero attached hydrogens (tertiary/aromatic N) is 1. The van der Waals surface area contributed by atoms with Crippen molar-refractivity contribution in [1.82, 2.24) is 0 Å². The van der Waals surface area contributed by atoms with Crippen LogP contribution in [0.5, 0.6) is 0 Å². The Morgan fingerprint density at radius 2 is 0.667 bits per heavy atom. The van der Waals surface area contributed by atoms with Crippen LogP contribution in [0.2, 0.25) is 19.6 Å². The number of hydrogen-bond acceptors (Lipinski definition) is 1. The summed E-state index contributed by atoms with van der Waals surface area (Å²) in [6.45, 7) is 11.9. The van der Waals surface area contributed by atoms with Gasteiger partial charge in [0.1, 0.15) is 0 Å². The van der Waals surface area contributed by atoms with E-state index in [-0.39, 0.29) is 5.41 Å². The van der Waals surface area contributed by atoms with Crippen molar-refractivity contribution in [2.75, 3.05) is 4.90 Å². The lowest BCUT2D eigenvalue weighted by molar-refractivity contribution is 0.660. The predicted octanol–water partition coefficient (Wildman–Crippen LogP) is 12.7. The van der Waals surface area contributed by atoms with Crippen molar-refractivity contribution in [2.45, 2.75) is 38.9 Å². The molecule has 0 amide bonds. The molecule has 0 atom stereocenters. The largest absolute Gasteiger partial charge is 0.310 e. The van der Waals surface area contributed by atoms with Gasteiger partial charge in [0.25, 0.3) is 0 Å². The van der Waals surface area contributed by atoms with Crippen molar-refractivity contribution in [3.63, 3.8) is 0 Å². The molecule has 0 aromatic heterocycles. The first-order chi connectivity index (χ1) is 30.6. The molecule has 1 aliphatic rings. The minimum absolute atomic E-state index is 0.0997. The van der Waals surface area contributed by atoms with Crippen molar-refractivity contribution in [3.05, 3.63) is 242 Å². The molecule has 0 unspecified atom stereocenters. The minimum Gasteiger partial charge on any atom is -0.310 e. The fourth-order valence-electron chi connectivity index (χ4n) is 10.0. The summed E-state index contributed by atoms with van der Waals surface area (Å²) in [6.07, 6.45) is 0. The molecule has 0 spiro atoms. The second kappa shape index (κ2) is 16.2. The van der Waals surface area contributed by atoms with E-state index >= 15 is 0 Å². The van der Waals surface area contributed by atoms with E-state index in [0.29, 0.717) is 0 Å². The summed E-state index contributed by atoms with van der Waals surface area (Å²) in [7, 11) is -3.98. The number of rotatable bonds is 10. The van der Waals surface area contributed by atoms with E-state index in [0.717, 1.165) is 17.1 Å². The molecule has 0 fully saturated rings. The van der Waals surface area contributed by atoms with Gasteiger partial charge in [-0.15, -0.1) is 0 Å². The summed E-state index contributed by atoms with van der Waals surface area (Å²) in [5.41, 5.74) is 13.6. The molecule has 63 heavy (non-hydrogen) atoms. The van der Waals surface area contributed by atoms with E-state index in [9.17, 15) is 0 Å². The highest BCUT2D eigenvalue weighted by molar-refractivity contribution is 7.19. The van der Waals surface area contributed by atoms with Crippen LogP contribution in [0.15, 0.2) is 231 Å². The maximum atomic E-state index is 2.42. The van der Waals surface area contributed by atoms with Crippen molar-refractivity contribution < 1.29 is 0 Å². The van der Waals surface area contributed by atoms with Crippen LogP contribution < -0.4 is 30.8 Å². The van der Waals surface area contributed by atoms with E-state index in [2.05, 4.69) is 269 Å². The Labute approximate surface area is 376 Å². The zero-order valence-electron chi connectivity index (χ0n) is 36.9. The summed E-state index contributed by atoms with van der Waals surface area (Å²) < 4.78 is 0. The lowest BCUT2D eigenvalue weighted by atomic mass is 9.82. The van der Waals surface area contributed by atoms with Crippen LogP contribution in [0.4, 0.5) is 17.1 Å². The lowest BCUT2D eigenvalue weighted by Crippen LogP contribution is -2.74. The van der Waals surface area contributed by atoms with Gasteiger partial charge in [-0.2, -0.15) is 0 Å². The third-order valence-electron chi connectivity index (χ3n) is 13.4. The van der Waals surface area contributed by atoms with Crippen LogP contribution in [-0.2, 0) is 5.41 Å². The van der Waals surface area contributed by atoms with Gasteiger partial charge in [0.2, 0.25) is 0 Å². The first-order valence-electron chi connectivity index (χ1n) is 22.3. The van der Waals surface area contributed by atoms with E-state index in [1.54, 1.807) is 0 Å². The average molecular weight is 844 g/mol. The highest BCUT2D eigenvalue weighted by atomic mass is 28.3. The SMILES string of the molecule is CC1(C)c2ccccc2-c2ccc(N(c3ccc(-c4ccc([Si](C)(C)C)cc4)cc3)c3ccc(-c4ccc([Si](c5ccccc5)(c5ccccc5)c5ccccc5)cc4)cc3)cc21. The molecule has 0 bridgehead atoms. The van der Waals surface area contributed by atoms with E-state index < -0.39 is 16.1 Å². The van der Waals surface area contributed by atoms with Gasteiger partial charge in [-0.25, -0.2) is 0 Å². The standard InChI is InChI=1S/C60H53NSi2/c1-60(2)58-24-16-15-23-56(58)57-42-37-50(43-59(57)60)61(48-33-25-44(26-34-48)46-29-38-51(39-30-46)62(3,4)5)49-35-27-45(28-36-49)47-31-40-55(41-32-47)63(52-17-9-6-10-18-52,53-19-11-7-12-20-53)54-21-13-8-14-22-54/h6-43H,1-5H3. The molecular weight excluding hydrogens is 791 g/mol. The van der Waals surface area contributed by atoms with Crippen molar-refractivity contribution in [2.24, 2.45) is 0 Å². The smallest absolute Gasteiger partial charge is 0.179 e. The quantitative estimate of drug-likeness (QED) is 0.0979. The monoisotopic (exact) mass is 843 g/mol. The number of fused-ring (bicyclic) bond motifs is 3. The van der Waals surface area contributed by atoms with Gasteiger partial charge in [-0.1, -0.05) is 233 Å². The molecule has 1 nitrogen and oxygen atoms in total. The Balaban J connectivity index is 1.03.